The minimum Gasteiger partial charge on any atom is -0.446 e. The number of anilines is 3. The Morgan fingerprint density at radius 3 is 2.59 bits per heavy atom. The molecule has 2 atom stereocenters. The van der Waals surface area contributed by atoms with Gasteiger partial charge >= 0.3 is 6.09 Å². The summed E-state index contributed by atoms with van der Waals surface area (Å²) >= 11 is 0. The molecule has 1 saturated carbocycles. The van der Waals surface area contributed by atoms with Crippen molar-refractivity contribution in [2.24, 2.45) is 0 Å². The van der Waals surface area contributed by atoms with Crippen molar-refractivity contribution in [3.8, 4) is 0 Å². The Labute approximate surface area is 169 Å². The van der Waals surface area contributed by atoms with Gasteiger partial charge in [0.25, 0.3) is 0 Å². The van der Waals surface area contributed by atoms with E-state index in [1.165, 1.54) is 6.07 Å². The minimum absolute atomic E-state index is 0.0419. The van der Waals surface area contributed by atoms with Crippen molar-refractivity contribution in [2.75, 3.05) is 16.3 Å². The molecule has 2 heterocycles. The summed E-state index contributed by atoms with van der Waals surface area (Å²) in [6.45, 7) is 3.77. The number of hydrogen-bond donors (Lipinski definition) is 4. The Bertz CT molecular complexity index is 943. The molecule has 4 N–H and O–H groups in total. The number of amides is 1. The van der Waals surface area contributed by atoms with Crippen LogP contribution >= 0.6 is 0 Å². The average Bonchev–Trinajstić information content (AvgIpc) is 3.24. The van der Waals surface area contributed by atoms with Gasteiger partial charge in [-0.2, -0.15) is 5.10 Å². The quantitative estimate of drug-likeness (QED) is 0.528. The highest BCUT2D eigenvalue weighted by Crippen LogP contribution is 2.36. The first kappa shape index (κ1) is 20.8. The lowest BCUT2D eigenvalue weighted by Crippen LogP contribution is -2.33. The Hall–Kier alpha value is -2.89. The van der Waals surface area contributed by atoms with E-state index < -0.39 is 10.0 Å². The normalized spacial score (nSPS) is 19.2. The number of carbonyl (C=O) groups is 1. The number of sulfonamides is 1. The lowest BCUT2D eigenvalue weighted by atomic mass is 10.0. The van der Waals surface area contributed by atoms with Crippen LogP contribution in [0, 0.1) is 0 Å². The number of H-pyrrole nitrogens is 1. The summed E-state index contributed by atoms with van der Waals surface area (Å²) in [4.78, 5) is 11.7. The standard InChI is InChI=1S/C17H25N7O4S/c1-10(2)18-17(25)28-12-5-4-11(8-12)13-9-16(23-20-13)19-14-6-7-15(22-21-14)24-29(3,26)27/h6-7,9-12H,4-5,8H2,1-3H3,(H,18,25)(H,22,24)(H2,19,20,21,23)/t11-,12+/m0/s1. The van der Waals surface area contributed by atoms with Crippen LogP contribution in [0.1, 0.15) is 44.7 Å². The van der Waals surface area contributed by atoms with E-state index in [-0.39, 0.29) is 30.0 Å². The molecule has 158 valence electrons. The van der Waals surface area contributed by atoms with Crippen LogP contribution in [0.3, 0.4) is 0 Å². The molecule has 0 aliphatic heterocycles. The van der Waals surface area contributed by atoms with E-state index in [2.05, 4.69) is 35.8 Å². The van der Waals surface area contributed by atoms with E-state index in [4.69, 9.17) is 4.74 Å². The third-order valence-electron chi connectivity index (χ3n) is 4.31. The van der Waals surface area contributed by atoms with Crippen molar-refractivity contribution in [3.05, 3.63) is 23.9 Å². The number of alkyl carbamates (subject to hydrolysis) is 1. The summed E-state index contributed by atoms with van der Waals surface area (Å²) in [7, 11) is -3.40. The molecule has 1 aliphatic rings. The molecule has 12 heteroatoms. The number of hydrogen-bond acceptors (Lipinski definition) is 8. The largest absolute Gasteiger partial charge is 0.446 e. The van der Waals surface area contributed by atoms with Crippen molar-refractivity contribution in [1.82, 2.24) is 25.7 Å². The van der Waals surface area contributed by atoms with Crippen LogP contribution in [-0.2, 0) is 14.8 Å². The third kappa shape index (κ3) is 6.31. The number of carbonyl (C=O) groups excluding carboxylic acids is 1. The van der Waals surface area contributed by atoms with Gasteiger partial charge in [0.1, 0.15) is 6.10 Å². The highest BCUT2D eigenvalue weighted by atomic mass is 32.2. The zero-order chi connectivity index (χ0) is 21.0. The van der Waals surface area contributed by atoms with Crippen molar-refractivity contribution < 1.29 is 17.9 Å². The van der Waals surface area contributed by atoms with Gasteiger partial charge in [-0.25, -0.2) is 13.2 Å². The monoisotopic (exact) mass is 423 g/mol. The molecule has 1 aliphatic carbocycles. The summed E-state index contributed by atoms with van der Waals surface area (Å²) in [5, 5.41) is 20.7. The number of aromatic amines is 1. The maximum absolute atomic E-state index is 11.7. The number of aromatic nitrogens is 4. The number of nitrogens with zero attached hydrogens (tertiary/aromatic N) is 3. The van der Waals surface area contributed by atoms with Gasteiger partial charge in [-0.1, -0.05) is 0 Å². The second-order valence-corrected chi connectivity index (χ2v) is 9.10. The summed E-state index contributed by atoms with van der Waals surface area (Å²) in [5.41, 5.74) is 0.950. The molecule has 0 radical (unpaired) electrons. The van der Waals surface area contributed by atoms with Gasteiger partial charge in [-0.15, -0.1) is 10.2 Å². The smallest absolute Gasteiger partial charge is 0.407 e. The third-order valence-corrected chi connectivity index (χ3v) is 4.89. The average molecular weight is 423 g/mol. The molecule has 1 amide bonds. The number of nitrogens with one attached hydrogen (secondary N) is 4. The number of ether oxygens (including phenoxy) is 1. The molecule has 11 nitrogen and oxygen atoms in total. The highest BCUT2D eigenvalue weighted by molar-refractivity contribution is 7.92. The van der Waals surface area contributed by atoms with Crippen LogP contribution in [-0.4, -0.2) is 53.3 Å². The highest BCUT2D eigenvalue weighted by Gasteiger charge is 2.30. The summed E-state index contributed by atoms with van der Waals surface area (Å²) in [5.74, 6) is 1.36. The topological polar surface area (TPSA) is 151 Å². The SMILES string of the molecule is CC(C)NC(=O)O[C@@H]1CC[C@H](c2cc(Nc3ccc(NS(C)(=O)=O)nn3)n[nH]2)C1. The molecule has 2 aromatic rings. The molecule has 0 spiro atoms. The lowest BCUT2D eigenvalue weighted by Gasteiger charge is -2.14. The molecule has 1 fully saturated rings. The van der Waals surface area contributed by atoms with Crippen LogP contribution in [0.2, 0.25) is 0 Å². The zero-order valence-corrected chi connectivity index (χ0v) is 17.3. The molecule has 0 bridgehead atoms. The predicted molar refractivity (Wildman–Crippen MR) is 108 cm³/mol. The lowest BCUT2D eigenvalue weighted by molar-refractivity contribution is 0.0981. The zero-order valence-electron chi connectivity index (χ0n) is 16.5. The van der Waals surface area contributed by atoms with Crippen LogP contribution in [0.5, 0.6) is 0 Å². The number of rotatable bonds is 7. The molecule has 0 aromatic carbocycles. The van der Waals surface area contributed by atoms with Gasteiger partial charge in [-0.3, -0.25) is 9.82 Å². The summed E-state index contributed by atoms with van der Waals surface area (Å²) in [6.07, 6.45) is 2.98. The maximum atomic E-state index is 11.7. The molecular formula is C17H25N7O4S. The fraction of sp³-hybridized carbons (Fsp3) is 0.529. The summed E-state index contributed by atoms with van der Waals surface area (Å²) < 4.78 is 30.1. The second kappa shape index (κ2) is 8.64. The van der Waals surface area contributed by atoms with Gasteiger partial charge in [0.05, 0.1) is 6.26 Å². The van der Waals surface area contributed by atoms with Gasteiger partial charge < -0.3 is 15.4 Å². The first-order valence-corrected chi connectivity index (χ1v) is 11.2. The molecule has 29 heavy (non-hydrogen) atoms. The second-order valence-electron chi connectivity index (χ2n) is 7.35. The Balaban J connectivity index is 1.54. The van der Waals surface area contributed by atoms with Gasteiger partial charge in [-0.05, 0) is 45.2 Å². The van der Waals surface area contributed by atoms with E-state index in [1.807, 2.05) is 19.9 Å². The molecule has 2 aromatic heterocycles. The van der Waals surface area contributed by atoms with Crippen LogP contribution in [0.4, 0.5) is 22.2 Å². The van der Waals surface area contributed by atoms with E-state index in [1.54, 1.807) is 6.07 Å². The van der Waals surface area contributed by atoms with Crippen molar-refractivity contribution >= 4 is 33.6 Å². The molecule has 3 rings (SSSR count). The van der Waals surface area contributed by atoms with Gasteiger partial charge in [0.15, 0.2) is 17.5 Å². The fourth-order valence-electron chi connectivity index (χ4n) is 3.14. The van der Waals surface area contributed by atoms with E-state index >= 15 is 0 Å². The maximum Gasteiger partial charge on any atom is 0.407 e. The molecule has 0 unspecified atom stereocenters. The Morgan fingerprint density at radius 2 is 1.93 bits per heavy atom. The van der Waals surface area contributed by atoms with Crippen molar-refractivity contribution in [2.45, 2.75) is 51.2 Å². The Morgan fingerprint density at radius 1 is 1.21 bits per heavy atom. The van der Waals surface area contributed by atoms with Crippen LogP contribution in [0.15, 0.2) is 18.2 Å². The van der Waals surface area contributed by atoms with Crippen molar-refractivity contribution in [1.29, 1.82) is 0 Å². The molecular weight excluding hydrogens is 398 g/mol. The van der Waals surface area contributed by atoms with Gasteiger partial charge in [0.2, 0.25) is 10.0 Å². The Kier molecular flexibility index (Phi) is 6.20. The predicted octanol–water partition coefficient (Wildman–Crippen LogP) is 2.09. The van der Waals surface area contributed by atoms with Gasteiger partial charge in [0, 0.05) is 23.7 Å². The first-order valence-electron chi connectivity index (χ1n) is 9.29. The van der Waals surface area contributed by atoms with E-state index in [0.29, 0.717) is 11.6 Å². The summed E-state index contributed by atoms with van der Waals surface area (Å²) in [6, 6.07) is 5.03. The van der Waals surface area contributed by atoms with Crippen LogP contribution < -0.4 is 15.4 Å². The van der Waals surface area contributed by atoms with E-state index in [0.717, 1.165) is 31.2 Å². The van der Waals surface area contributed by atoms with Crippen LogP contribution in [0.25, 0.3) is 0 Å². The van der Waals surface area contributed by atoms with E-state index in [9.17, 15) is 13.2 Å². The fourth-order valence-corrected chi connectivity index (χ4v) is 3.62. The van der Waals surface area contributed by atoms with Crippen molar-refractivity contribution in [3.63, 3.8) is 0 Å². The molecule has 0 saturated heterocycles. The minimum atomic E-state index is -3.40. The first-order chi connectivity index (χ1) is 13.7.